The maximum Gasteiger partial charge on any atom is 0.303 e. The highest BCUT2D eigenvalue weighted by molar-refractivity contribution is 7.91. The van der Waals surface area contributed by atoms with Crippen molar-refractivity contribution in [3.63, 3.8) is 0 Å². The average molecular weight is 544 g/mol. The number of fused-ring (bicyclic) bond motifs is 1. The maximum atomic E-state index is 12.2. The largest absolute Gasteiger partial charge is 0.481 e. The Labute approximate surface area is 223 Å². The summed E-state index contributed by atoms with van der Waals surface area (Å²) in [5, 5.41) is 14.1. The Morgan fingerprint density at radius 3 is 2.57 bits per heavy atom. The molecule has 200 valence electrons. The molecule has 1 atom stereocenters. The number of hydrogen-bond donors (Lipinski definition) is 2. The van der Waals surface area contributed by atoms with Gasteiger partial charge in [0.15, 0.2) is 0 Å². The lowest BCUT2D eigenvalue weighted by molar-refractivity contribution is -0.137. The first-order valence-electron chi connectivity index (χ1n) is 13.0. The minimum absolute atomic E-state index is 0.0789. The van der Waals surface area contributed by atoms with Crippen molar-refractivity contribution in [2.45, 2.75) is 65.3 Å². The van der Waals surface area contributed by atoms with E-state index in [-0.39, 0.29) is 29.9 Å². The van der Waals surface area contributed by atoms with Crippen LogP contribution in [0.2, 0.25) is 0 Å². The molecule has 2 heterocycles. The van der Waals surface area contributed by atoms with Gasteiger partial charge >= 0.3 is 5.97 Å². The fourth-order valence-electron chi connectivity index (χ4n) is 5.17. The third-order valence-corrected chi connectivity index (χ3v) is 9.68. The van der Waals surface area contributed by atoms with Crippen LogP contribution in [-0.2, 0) is 14.6 Å². The van der Waals surface area contributed by atoms with E-state index in [0.717, 1.165) is 50.8 Å². The molecule has 1 aliphatic heterocycles. The molecule has 0 unspecified atom stereocenters. The van der Waals surface area contributed by atoms with E-state index in [1.807, 2.05) is 32.0 Å². The molecule has 0 amide bonds. The lowest BCUT2D eigenvalue weighted by Gasteiger charge is -2.38. The van der Waals surface area contributed by atoms with Gasteiger partial charge in [-0.05, 0) is 73.9 Å². The predicted molar refractivity (Wildman–Crippen MR) is 153 cm³/mol. The quantitative estimate of drug-likeness (QED) is 0.307. The van der Waals surface area contributed by atoms with E-state index in [2.05, 4.69) is 47.2 Å². The highest BCUT2D eigenvalue weighted by atomic mass is 32.2. The summed E-state index contributed by atoms with van der Waals surface area (Å²) in [6.45, 7) is 9.16. The second-order valence-corrected chi connectivity index (χ2v) is 14.0. The van der Waals surface area contributed by atoms with Crippen LogP contribution in [0.5, 0.6) is 0 Å². The number of aromatic nitrogens is 1. The fourth-order valence-corrected chi connectivity index (χ4v) is 7.44. The summed E-state index contributed by atoms with van der Waals surface area (Å²) in [6.07, 6.45) is 2.02. The molecule has 7 nitrogen and oxygen atoms in total. The normalized spacial score (nSPS) is 16.7. The monoisotopic (exact) mass is 543 g/mol. The second-order valence-electron chi connectivity index (χ2n) is 10.4. The number of carbonyl (C=O) groups is 1. The summed E-state index contributed by atoms with van der Waals surface area (Å²) < 4.78 is 25.4. The number of aryl methyl sites for hydroxylation is 1. The lowest BCUT2D eigenvalue weighted by Crippen LogP contribution is -2.43. The van der Waals surface area contributed by atoms with E-state index in [1.54, 1.807) is 11.3 Å². The molecule has 9 heteroatoms. The summed E-state index contributed by atoms with van der Waals surface area (Å²) >= 11 is 1.66. The average Bonchev–Trinajstić information content (AvgIpc) is 3.20. The number of carboxylic acids is 1. The van der Waals surface area contributed by atoms with Crippen LogP contribution in [0.15, 0.2) is 36.4 Å². The van der Waals surface area contributed by atoms with Gasteiger partial charge in [-0.3, -0.25) is 4.79 Å². The molecule has 0 spiro atoms. The number of nitrogens with one attached hydrogen (secondary N) is 1. The summed E-state index contributed by atoms with van der Waals surface area (Å²) in [4.78, 5) is 18.5. The van der Waals surface area contributed by atoms with Crippen LogP contribution in [0.1, 0.15) is 62.9 Å². The molecule has 2 aromatic carbocycles. The number of carboxylic acid groups (broad SMARTS) is 1. The molecule has 1 aromatic heterocycles. The zero-order valence-corrected chi connectivity index (χ0v) is 23.7. The van der Waals surface area contributed by atoms with Gasteiger partial charge in [0.25, 0.3) is 0 Å². The molecule has 4 rings (SSSR count). The van der Waals surface area contributed by atoms with Gasteiger partial charge in [-0.15, -0.1) is 11.3 Å². The molecule has 0 radical (unpaired) electrons. The topological polar surface area (TPSA) is 99.6 Å². The molecule has 37 heavy (non-hydrogen) atoms. The third kappa shape index (κ3) is 6.82. The molecule has 0 saturated carbocycles. The molecule has 2 N–H and O–H groups in total. The van der Waals surface area contributed by atoms with Crippen LogP contribution < -0.4 is 10.2 Å². The second kappa shape index (κ2) is 11.4. The van der Waals surface area contributed by atoms with Crippen molar-refractivity contribution in [2.24, 2.45) is 5.92 Å². The van der Waals surface area contributed by atoms with Gasteiger partial charge in [-0.2, -0.15) is 0 Å². The maximum absolute atomic E-state index is 12.2. The van der Waals surface area contributed by atoms with Gasteiger partial charge in [-0.25, -0.2) is 13.4 Å². The van der Waals surface area contributed by atoms with E-state index >= 15 is 0 Å². The SMILES string of the molecule is CC[C@H](CC(=O)O)c1ccc(N(CC(C)C)C2CCS(=O)(=O)CC2)c(Nc2ccc3sc(C)nc3c2)c1. The van der Waals surface area contributed by atoms with E-state index in [0.29, 0.717) is 18.8 Å². The Morgan fingerprint density at radius 2 is 1.92 bits per heavy atom. The summed E-state index contributed by atoms with van der Waals surface area (Å²) in [6, 6.07) is 12.5. The molecule has 1 saturated heterocycles. The zero-order chi connectivity index (χ0) is 26.7. The van der Waals surface area contributed by atoms with Crippen molar-refractivity contribution in [3.8, 4) is 0 Å². The highest BCUT2D eigenvalue weighted by Crippen LogP contribution is 2.38. The number of thiazole rings is 1. The predicted octanol–water partition coefficient (Wildman–Crippen LogP) is 6.36. The summed E-state index contributed by atoms with van der Waals surface area (Å²) in [5.41, 5.74) is 4.76. The molecular formula is C28H37N3O4S2. The molecular weight excluding hydrogens is 506 g/mol. The third-order valence-electron chi connectivity index (χ3n) is 7.02. The van der Waals surface area contributed by atoms with Crippen LogP contribution in [-0.4, -0.2) is 48.6 Å². The molecule has 3 aromatic rings. The summed E-state index contributed by atoms with van der Waals surface area (Å²) in [5.74, 6) is -0.0861. The van der Waals surface area contributed by atoms with Crippen LogP contribution in [0.3, 0.4) is 0 Å². The Hall–Kier alpha value is -2.65. The summed E-state index contributed by atoms with van der Waals surface area (Å²) in [7, 11) is -2.97. The Balaban J connectivity index is 1.76. The minimum Gasteiger partial charge on any atom is -0.481 e. The van der Waals surface area contributed by atoms with E-state index in [1.165, 1.54) is 0 Å². The standard InChI is InChI=1S/C28H37N3O4S2/c1-5-20(15-28(32)33)21-6-8-26(31(17-18(2)3)23-10-12-37(34,35)13-11-23)24(14-21)30-22-7-9-27-25(16-22)29-19(4)36-27/h6-9,14,16,18,20,23,30H,5,10-13,15,17H2,1-4H3,(H,32,33)/t20-/m1/s1. The lowest BCUT2D eigenvalue weighted by atomic mass is 9.92. The van der Waals surface area contributed by atoms with Crippen LogP contribution >= 0.6 is 11.3 Å². The van der Waals surface area contributed by atoms with Gasteiger partial charge in [0, 0.05) is 18.3 Å². The van der Waals surface area contributed by atoms with Crippen LogP contribution in [0.25, 0.3) is 10.2 Å². The van der Waals surface area contributed by atoms with Crippen molar-refractivity contribution >= 4 is 54.4 Å². The number of benzene rings is 2. The van der Waals surface area contributed by atoms with Gasteiger partial charge in [-0.1, -0.05) is 26.8 Å². The molecule has 1 fully saturated rings. The number of nitrogens with zero attached hydrogens (tertiary/aromatic N) is 2. The van der Waals surface area contributed by atoms with E-state index < -0.39 is 15.8 Å². The molecule has 0 aliphatic carbocycles. The first-order chi connectivity index (χ1) is 17.5. The number of anilines is 3. The Bertz CT molecular complexity index is 1350. The number of sulfone groups is 1. The van der Waals surface area contributed by atoms with Crippen molar-refractivity contribution in [1.82, 2.24) is 4.98 Å². The van der Waals surface area contributed by atoms with Gasteiger partial charge < -0.3 is 15.3 Å². The van der Waals surface area contributed by atoms with E-state index in [9.17, 15) is 18.3 Å². The van der Waals surface area contributed by atoms with Gasteiger partial charge in [0.1, 0.15) is 9.84 Å². The highest BCUT2D eigenvalue weighted by Gasteiger charge is 2.30. The van der Waals surface area contributed by atoms with Crippen molar-refractivity contribution in [3.05, 3.63) is 47.0 Å². The number of hydrogen-bond acceptors (Lipinski definition) is 7. The van der Waals surface area contributed by atoms with Gasteiger partial charge in [0.2, 0.25) is 0 Å². The first kappa shape index (κ1) is 27.4. The van der Waals surface area contributed by atoms with Crippen molar-refractivity contribution in [2.75, 3.05) is 28.3 Å². The Morgan fingerprint density at radius 1 is 1.19 bits per heavy atom. The smallest absolute Gasteiger partial charge is 0.303 e. The van der Waals surface area contributed by atoms with Crippen molar-refractivity contribution in [1.29, 1.82) is 0 Å². The van der Waals surface area contributed by atoms with Crippen LogP contribution in [0, 0.1) is 12.8 Å². The molecule has 0 bridgehead atoms. The zero-order valence-electron chi connectivity index (χ0n) is 22.0. The molecule has 1 aliphatic rings. The Kier molecular flexibility index (Phi) is 8.43. The number of aliphatic carboxylic acids is 1. The first-order valence-corrected chi connectivity index (χ1v) is 15.7. The minimum atomic E-state index is -2.97. The van der Waals surface area contributed by atoms with E-state index in [4.69, 9.17) is 0 Å². The fraction of sp³-hybridized carbons (Fsp3) is 0.500. The van der Waals surface area contributed by atoms with Crippen molar-refractivity contribution < 1.29 is 18.3 Å². The number of rotatable bonds is 10. The van der Waals surface area contributed by atoms with Gasteiger partial charge in [0.05, 0.1) is 44.5 Å². The van der Waals surface area contributed by atoms with Crippen LogP contribution in [0.4, 0.5) is 17.1 Å².